The third-order valence-electron chi connectivity index (χ3n) is 2.92. The summed E-state index contributed by atoms with van der Waals surface area (Å²) in [4.78, 5) is 15.4. The molecule has 2 heterocycles. The van der Waals surface area contributed by atoms with Crippen molar-refractivity contribution in [3.05, 3.63) is 54.5 Å². The maximum absolute atomic E-state index is 11.4. The second kappa shape index (κ2) is 4.87. The molecule has 0 aliphatic carbocycles. The predicted octanol–water partition coefficient (Wildman–Crippen LogP) is 2.14. The Hall–Kier alpha value is -2.36. The largest absolute Gasteiger partial charge is 0.366 e. The quantitative estimate of drug-likeness (QED) is 0.834. The molecule has 0 radical (unpaired) electrons. The first kappa shape index (κ1) is 12.1. The zero-order chi connectivity index (χ0) is 13.1. The van der Waals surface area contributed by atoms with Crippen LogP contribution in [0.3, 0.4) is 0 Å². The van der Waals surface area contributed by atoms with Crippen LogP contribution in [0.4, 0.5) is 0 Å². The van der Waals surface area contributed by atoms with Gasteiger partial charge in [0.25, 0.3) is 5.91 Å². The van der Waals surface area contributed by atoms with Gasteiger partial charge >= 0.3 is 0 Å². The van der Waals surface area contributed by atoms with Gasteiger partial charge in [0.15, 0.2) is 0 Å². The van der Waals surface area contributed by atoms with E-state index in [0.29, 0.717) is 12.1 Å². The summed E-state index contributed by atoms with van der Waals surface area (Å²) in [6.45, 7) is 6.26. The van der Waals surface area contributed by atoms with Gasteiger partial charge in [0.05, 0.1) is 5.56 Å². The standard InChI is InChI=1S/C14H15N3O/c1-3-8-17-10(2)12(14(15)18)9-13(17)11-4-6-16-7-5-11/h3-7,9H,1,8H2,2H3,(H2,15,18). The normalized spacial score (nSPS) is 10.3. The van der Waals surface area contributed by atoms with Crippen molar-refractivity contribution in [1.82, 2.24) is 9.55 Å². The van der Waals surface area contributed by atoms with E-state index in [9.17, 15) is 4.79 Å². The molecule has 0 aliphatic rings. The molecule has 2 aromatic rings. The van der Waals surface area contributed by atoms with E-state index in [2.05, 4.69) is 11.6 Å². The molecule has 4 heteroatoms. The number of hydrogen-bond acceptors (Lipinski definition) is 2. The average molecular weight is 241 g/mol. The van der Waals surface area contributed by atoms with E-state index in [1.165, 1.54) is 0 Å². The van der Waals surface area contributed by atoms with Crippen LogP contribution in [0, 0.1) is 6.92 Å². The van der Waals surface area contributed by atoms with Crippen molar-refractivity contribution in [1.29, 1.82) is 0 Å². The van der Waals surface area contributed by atoms with Gasteiger partial charge in [-0.25, -0.2) is 0 Å². The van der Waals surface area contributed by atoms with Crippen molar-refractivity contribution >= 4 is 5.91 Å². The van der Waals surface area contributed by atoms with Crippen molar-refractivity contribution in [3.63, 3.8) is 0 Å². The van der Waals surface area contributed by atoms with Gasteiger partial charge in [-0.1, -0.05) is 6.08 Å². The maximum atomic E-state index is 11.4. The number of nitrogens with zero attached hydrogens (tertiary/aromatic N) is 2. The van der Waals surface area contributed by atoms with Crippen molar-refractivity contribution in [2.45, 2.75) is 13.5 Å². The fourth-order valence-corrected chi connectivity index (χ4v) is 2.02. The van der Waals surface area contributed by atoms with Crippen molar-refractivity contribution in [3.8, 4) is 11.3 Å². The Morgan fingerprint density at radius 2 is 2.17 bits per heavy atom. The summed E-state index contributed by atoms with van der Waals surface area (Å²) >= 11 is 0. The number of aromatic nitrogens is 2. The van der Waals surface area contributed by atoms with E-state index in [-0.39, 0.29) is 0 Å². The molecular weight excluding hydrogens is 226 g/mol. The van der Waals surface area contributed by atoms with Crippen LogP contribution in [-0.2, 0) is 6.54 Å². The number of carbonyl (C=O) groups excluding carboxylic acids is 1. The minimum atomic E-state index is -0.411. The number of hydrogen-bond donors (Lipinski definition) is 1. The van der Waals surface area contributed by atoms with Gasteiger partial charge in [-0.15, -0.1) is 6.58 Å². The molecule has 1 amide bonds. The summed E-state index contributed by atoms with van der Waals surface area (Å²) < 4.78 is 2.02. The lowest BCUT2D eigenvalue weighted by Crippen LogP contribution is -2.12. The molecule has 0 fully saturated rings. The van der Waals surface area contributed by atoms with E-state index in [0.717, 1.165) is 17.0 Å². The molecule has 18 heavy (non-hydrogen) atoms. The SMILES string of the molecule is C=CCn1c(-c2ccncc2)cc(C(N)=O)c1C. The molecule has 0 saturated heterocycles. The molecular formula is C14H15N3O. The number of primary amides is 1. The predicted molar refractivity (Wildman–Crippen MR) is 71.1 cm³/mol. The summed E-state index contributed by atoms with van der Waals surface area (Å²) in [5, 5.41) is 0. The number of carbonyl (C=O) groups is 1. The highest BCUT2D eigenvalue weighted by molar-refractivity contribution is 5.95. The van der Waals surface area contributed by atoms with Crippen molar-refractivity contribution in [2.75, 3.05) is 0 Å². The van der Waals surface area contributed by atoms with Gasteiger partial charge in [-0.05, 0) is 25.1 Å². The van der Waals surface area contributed by atoms with E-state index in [4.69, 9.17) is 5.73 Å². The fourth-order valence-electron chi connectivity index (χ4n) is 2.02. The molecule has 0 bridgehead atoms. The highest BCUT2D eigenvalue weighted by atomic mass is 16.1. The van der Waals surface area contributed by atoms with Gasteiger partial charge in [-0.2, -0.15) is 0 Å². The molecule has 4 nitrogen and oxygen atoms in total. The first-order valence-electron chi connectivity index (χ1n) is 5.66. The Morgan fingerprint density at radius 1 is 1.50 bits per heavy atom. The highest BCUT2D eigenvalue weighted by Gasteiger charge is 2.15. The first-order chi connectivity index (χ1) is 8.65. The molecule has 2 N–H and O–H groups in total. The lowest BCUT2D eigenvalue weighted by molar-refractivity contribution is 0.0999. The lowest BCUT2D eigenvalue weighted by atomic mass is 10.2. The van der Waals surface area contributed by atoms with Gasteiger partial charge in [0.1, 0.15) is 0 Å². The van der Waals surface area contributed by atoms with E-state index in [1.807, 2.05) is 29.7 Å². The molecule has 0 atom stereocenters. The molecule has 0 aliphatic heterocycles. The lowest BCUT2D eigenvalue weighted by Gasteiger charge is -2.09. The van der Waals surface area contributed by atoms with Crippen LogP contribution >= 0.6 is 0 Å². The van der Waals surface area contributed by atoms with Gasteiger partial charge < -0.3 is 10.3 Å². The highest BCUT2D eigenvalue weighted by Crippen LogP contribution is 2.25. The van der Waals surface area contributed by atoms with Gasteiger partial charge in [0.2, 0.25) is 0 Å². The fraction of sp³-hybridized carbons (Fsp3) is 0.143. The second-order valence-electron chi connectivity index (χ2n) is 4.03. The van der Waals surface area contributed by atoms with Crippen LogP contribution in [-0.4, -0.2) is 15.5 Å². The van der Waals surface area contributed by atoms with Crippen molar-refractivity contribution < 1.29 is 4.79 Å². The minimum absolute atomic E-state index is 0.411. The van der Waals surface area contributed by atoms with Gasteiger partial charge in [-0.3, -0.25) is 9.78 Å². The van der Waals surface area contributed by atoms with Crippen LogP contribution in [0.2, 0.25) is 0 Å². The maximum Gasteiger partial charge on any atom is 0.250 e. The molecule has 0 saturated carbocycles. The zero-order valence-electron chi connectivity index (χ0n) is 10.3. The van der Waals surface area contributed by atoms with Crippen molar-refractivity contribution in [2.24, 2.45) is 5.73 Å². The summed E-state index contributed by atoms with van der Waals surface area (Å²) in [6, 6.07) is 5.62. The van der Waals surface area contributed by atoms with Gasteiger partial charge in [0, 0.05) is 35.9 Å². The monoisotopic (exact) mass is 241 g/mol. The third-order valence-corrected chi connectivity index (χ3v) is 2.92. The minimum Gasteiger partial charge on any atom is -0.366 e. The molecule has 92 valence electrons. The third kappa shape index (κ3) is 2.05. The Bertz CT molecular complexity index is 585. The molecule has 0 spiro atoms. The number of nitrogens with two attached hydrogens (primary N) is 1. The number of amides is 1. The Morgan fingerprint density at radius 3 is 2.72 bits per heavy atom. The number of allylic oxidation sites excluding steroid dienone is 1. The summed E-state index contributed by atoms with van der Waals surface area (Å²) in [6.07, 6.45) is 5.24. The molecule has 0 aromatic carbocycles. The van der Waals surface area contributed by atoms with Crippen LogP contribution in [0.15, 0.2) is 43.2 Å². The van der Waals surface area contributed by atoms with Crippen LogP contribution in [0.1, 0.15) is 16.1 Å². The molecule has 2 aromatic heterocycles. The zero-order valence-corrected chi connectivity index (χ0v) is 10.3. The van der Waals surface area contributed by atoms with Crippen LogP contribution in [0.25, 0.3) is 11.3 Å². The average Bonchev–Trinajstić information content (AvgIpc) is 2.69. The van der Waals surface area contributed by atoms with Crippen LogP contribution < -0.4 is 5.73 Å². The topological polar surface area (TPSA) is 60.9 Å². The molecule has 2 rings (SSSR count). The number of pyridine rings is 1. The van der Waals surface area contributed by atoms with E-state index < -0.39 is 5.91 Å². The second-order valence-corrected chi connectivity index (χ2v) is 4.03. The smallest absolute Gasteiger partial charge is 0.250 e. The van der Waals surface area contributed by atoms with E-state index in [1.54, 1.807) is 18.5 Å². The molecule has 0 unspecified atom stereocenters. The Labute approximate surface area is 106 Å². The summed E-state index contributed by atoms with van der Waals surface area (Å²) in [7, 11) is 0. The van der Waals surface area contributed by atoms with E-state index >= 15 is 0 Å². The first-order valence-corrected chi connectivity index (χ1v) is 5.66. The number of rotatable bonds is 4. The Kier molecular flexibility index (Phi) is 3.28. The summed E-state index contributed by atoms with van der Waals surface area (Å²) in [5.41, 5.74) is 8.73. The van der Waals surface area contributed by atoms with Crippen LogP contribution in [0.5, 0.6) is 0 Å². The Balaban J connectivity index is 2.62. The summed E-state index contributed by atoms with van der Waals surface area (Å²) in [5.74, 6) is -0.411.